The number of thiocarbonyl (C=S) groups is 4. The number of nitrogens with zero attached hydrogens (tertiary/aromatic N) is 1. The van der Waals surface area contributed by atoms with Crippen LogP contribution in [0.3, 0.4) is 0 Å². The number of hydrogen-bond donors (Lipinski definition) is 7. The first-order valence-corrected chi connectivity index (χ1v) is 16.0. The average Bonchev–Trinajstić information content (AvgIpc) is 2.98. The van der Waals surface area contributed by atoms with E-state index in [9.17, 15) is 15.0 Å². The van der Waals surface area contributed by atoms with Gasteiger partial charge in [0.25, 0.3) is 12.4 Å². The summed E-state index contributed by atoms with van der Waals surface area (Å²) in [4.78, 5) is 14.8. The molecule has 0 saturated carbocycles. The minimum absolute atomic E-state index is 0.0277. The Hall–Kier alpha value is -2.91. The van der Waals surface area contributed by atoms with Gasteiger partial charge in [-0.15, -0.1) is 0 Å². The van der Waals surface area contributed by atoms with E-state index in [2.05, 4.69) is 26.6 Å². The fourth-order valence-electron chi connectivity index (χ4n) is 3.64. The van der Waals surface area contributed by atoms with Gasteiger partial charge in [-0.05, 0) is 55.0 Å². The molecule has 43 heavy (non-hydrogen) atoms. The van der Waals surface area contributed by atoms with Crippen LogP contribution in [0, 0.1) is 0 Å². The third-order valence-corrected chi connectivity index (χ3v) is 7.85. The van der Waals surface area contributed by atoms with Crippen LogP contribution < -0.4 is 26.6 Å². The Labute approximate surface area is 280 Å². The quantitative estimate of drug-likeness (QED) is 0.0672. The number of hydrogen-bond acceptors (Lipinski definition) is 8. The lowest BCUT2D eigenvalue weighted by atomic mass is 10.2. The van der Waals surface area contributed by atoms with E-state index >= 15 is 0 Å². The summed E-state index contributed by atoms with van der Waals surface area (Å²) in [6, 6.07) is 13.5. The van der Waals surface area contributed by atoms with Crippen molar-refractivity contribution >= 4 is 87.2 Å². The third-order valence-electron chi connectivity index (χ3n) is 6.03. The summed E-state index contributed by atoms with van der Waals surface area (Å²) in [6.07, 6.45) is 3.20. The van der Waals surface area contributed by atoms with Gasteiger partial charge in [-0.1, -0.05) is 48.9 Å². The van der Waals surface area contributed by atoms with Crippen LogP contribution in [0.4, 0.5) is 0 Å². The molecule has 0 aliphatic rings. The van der Waals surface area contributed by atoms with E-state index in [0.717, 1.165) is 33.9 Å². The van der Waals surface area contributed by atoms with Gasteiger partial charge in [0.15, 0.2) is 13.1 Å². The summed E-state index contributed by atoms with van der Waals surface area (Å²) in [5.74, 6) is 0.380. The number of nitrogens with one attached hydrogen (secondary N) is 5. The molecule has 0 aliphatic carbocycles. The van der Waals surface area contributed by atoms with Gasteiger partial charge in [-0.2, -0.15) is 3.95 Å². The van der Waals surface area contributed by atoms with Gasteiger partial charge in [0, 0.05) is 63.1 Å². The standard InChI is InChI=1S/C29H38N6O3S5/c36-23-7-3-21(4-8-23)28(41)33-16-2-19-35(43)20-13-25(38)30-14-1-15-31-26(39)11-17-32-27(40)12-18-34-29(42)22-5-9-24(37)10-6-22/h3-10H,1-2,11-20H2,(H6-,30,31,32,33,34,36,37,38,39,40,41,42)/p+1. The maximum absolute atomic E-state index is 12.1. The van der Waals surface area contributed by atoms with E-state index in [1.165, 1.54) is 0 Å². The molecule has 0 radical (unpaired) electrons. The smallest absolute Gasteiger partial charge is 0.263 e. The fraction of sp³-hybridized carbons (Fsp3) is 0.414. The Kier molecular flexibility index (Phi) is 17.6. The lowest BCUT2D eigenvalue weighted by Crippen LogP contribution is -2.33. The first-order valence-electron chi connectivity index (χ1n) is 14.0. The minimum atomic E-state index is -0.0277. The van der Waals surface area contributed by atoms with E-state index in [4.69, 9.17) is 61.3 Å². The van der Waals surface area contributed by atoms with Crippen LogP contribution in [-0.2, 0) is 17.2 Å². The molecule has 0 atom stereocenters. The topological polar surface area (TPSA) is 121 Å². The molecule has 1 amide bonds. The van der Waals surface area contributed by atoms with Crippen molar-refractivity contribution in [2.45, 2.75) is 32.1 Å². The van der Waals surface area contributed by atoms with Crippen molar-refractivity contribution in [2.75, 3.05) is 45.8 Å². The van der Waals surface area contributed by atoms with Gasteiger partial charge in [0.05, 0.1) is 16.4 Å². The molecule has 0 aliphatic heterocycles. The minimum Gasteiger partial charge on any atom is -0.508 e. The van der Waals surface area contributed by atoms with Gasteiger partial charge >= 0.3 is 0 Å². The summed E-state index contributed by atoms with van der Waals surface area (Å²) < 4.78 is 1.72. The summed E-state index contributed by atoms with van der Waals surface area (Å²) in [5, 5.41) is 34.4. The Bertz CT molecular complexity index is 1240. The van der Waals surface area contributed by atoms with Crippen molar-refractivity contribution in [2.24, 2.45) is 0 Å². The van der Waals surface area contributed by atoms with Crippen molar-refractivity contribution < 1.29 is 19.0 Å². The van der Waals surface area contributed by atoms with Crippen LogP contribution in [0.1, 0.15) is 43.2 Å². The van der Waals surface area contributed by atoms with Crippen molar-refractivity contribution in [3.8, 4) is 11.5 Å². The van der Waals surface area contributed by atoms with Crippen LogP contribution in [0.25, 0.3) is 0 Å². The van der Waals surface area contributed by atoms with E-state index in [1.54, 1.807) is 52.5 Å². The molecule has 2 rings (SSSR count). The molecule has 0 spiro atoms. The summed E-state index contributed by atoms with van der Waals surface area (Å²) in [5.41, 5.74) is 1.69. The highest BCUT2D eigenvalue weighted by atomic mass is 32.1. The molecule has 0 unspecified atom stereocenters. The number of benzene rings is 2. The zero-order valence-electron chi connectivity index (χ0n) is 23.9. The highest BCUT2D eigenvalue weighted by Gasteiger charge is 2.09. The predicted octanol–water partition coefficient (Wildman–Crippen LogP) is 2.97. The Morgan fingerprint density at radius 2 is 1.02 bits per heavy atom. The van der Waals surface area contributed by atoms with E-state index in [1.807, 2.05) is 0 Å². The van der Waals surface area contributed by atoms with Crippen LogP contribution in [0.5, 0.6) is 11.5 Å². The lowest BCUT2D eigenvalue weighted by molar-refractivity contribution is -0.497. The molecule has 2 aromatic carbocycles. The Balaban J connectivity index is 1.41. The fourth-order valence-corrected chi connectivity index (χ4v) is 4.74. The monoisotopic (exact) mass is 679 g/mol. The molecular formula is C29H39N6O3S5+. The van der Waals surface area contributed by atoms with Crippen LogP contribution in [0.15, 0.2) is 48.5 Å². The first-order chi connectivity index (χ1) is 20.6. The van der Waals surface area contributed by atoms with Crippen LogP contribution in [-0.4, -0.2) is 85.8 Å². The number of aromatic hydroxyl groups is 2. The van der Waals surface area contributed by atoms with Gasteiger partial charge in [0.2, 0.25) is 5.91 Å². The molecule has 0 fully saturated rings. The number of rotatable bonds is 19. The molecule has 2 aromatic rings. The first kappa shape index (κ1) is 36.3. The summed E-state index contributed by atoms with van der Waals surface area (Å²) in [7, 11) is 0. The van der Waals surface area contributed by atoms with Crippen molar-refractivity contribution in [3.05, 3.63) is 59.7 Å². The summed E-state index contributed by atoms with van der Waals surface area (Å²) >= 11 is 26.8. The third kappa shape index (κ3) is 16.5. The van der Waals surface area contributed by atoms with E-state index in [0.29, 0.717) is 75.1 Å². The van der Waals surface area contributed by atoms with Gasteiger partial charge in [-0.25, -0.2) is 0 Å². The van der Waals surface area contributed by atoms with Crippen LogP contribution >= 0.6 is 48.9 Å². The molecule has 9 nitrogen and oxygen atoms in total. The van der Waals surface area contributed by atoms with Gasteiger partial charge in [0.1, 0.15) is 21.5 Å². The van der Waals surface area contributed by atoms with Crippen molar-refractivity contribution in [1.29, 1.82) is 0 Å². The normalized spacial score (nSPS) is 10.3. The van der Waals surface area contributed by atoms with Gasteiger partial charge < -0.3 is 36.8 Å². The van der Waals surface area contributed by atoms with Crippen molar-refractivity contribution in [3.63, 3.8) is 0 Å². The molecule has 0 aromatic heterocycles. The number of carbonyl (C=O) groups excluding carboxylic acids is 1. The Morgan fingerprint density at radius 1 is 0.581 bits per heavy atom. The molecule has 0 saturated heterocycles. The average molecular weight is 680 g/mol. The SMILES string of the molecule is O=C(CC[N+](=S)CCCNC(=S)c1ccc(O)cc1)NCCCNC(=S)CCNC(=S)CCNC(=S)c1ccc(O)cc1. The molecule has 7 N–H and O–H groups in total. The summed E-state index contributed by atoms with van der Waals surface area (Å²) in [6.45, 7) is 4.33. The second kappa shape index (κ2) is 20.9. The number of amides is 1. The van der Waals surface area contributed by atoms with Crippen LogP contribution in [0.2, 0.25) is 0 Å². The van der Waals surface area contributed by atoms with Gasteiger partial charge in [-0.3, -0.25) is 4.79 Å². The number of phenolic OH excluding ortho intramolecular Hbond substituents is 2. The molecule has 0 bridgehead atoms. The molecule has 232 valence electrons. The zero-order valence-corrected chi connectivity index (χ0v) is 28.0. The second-order valence-corrected chi connectivity index (χ2v) is 11.9. The van der Waals surface area contributed by atoms with E-state index in [-0.39, 0.29) is 17.4 Å². The van der Waals surface area contributed by atoms with E-state index < -0.39 is 0 Å². The second-order valence-electron chi connectivity index (χ2n) is 9.54. The number of phenols is 2. The lowest BCUT2D eigenvalue weighted by Gasteiger charge is -2.12. The molecule has 14 heteroatoms. The molecular weight excluding hydrogens is 641 g/mol. The number of carbonyl (C=O) groups is 1. The maximum Gasteiger partial charge on any atom is 0.263 e. The predicted molar refractivity (Wildman–Crippen MR) is 190 cm³/mol. The Morgan fingerprint density at radius 3 is 1.58 bits per heavy atom. The largest absolute Gasteiger partial charge is 0.508 e. The highest BCUT2D eigenvalue weighted by Crippen LogP contribution is 2.10. The zero-order chi connectivity index (χ0) is 31.5. The van der Waals surface area contributed by atoms with Crippen molar-refractivity contribution in [1.82, 2.24) is 26.6 Å². The molecule has 0 heterocycles. The highest BCUT2D eigenvalue weighted by molar-refractivity contribution is 7.81. The maximum atomic E-state index is 12.1.